The van der Waals surface area contributed by atoms with Crippen LogP contribution in [0.1, 0.15) is 90.4 Å². The highest BCUT2D eigenvalue weighted by atomic mass is 16.5. The Morgan fingerprint density at radius 3 is 2.28 bits per heavy atom. The van der Waals surface area contributed by atoms with Gasteiger partial charge in [0.05, 0.1) is 6.61 Å². The first-order valence-corrected chi connectivity index (χ1v) is 10.2. The van der Waals surface area contributed by atoms with Crippen LogP contribution in [0, 0.1) is 5.92 Å². The number of hydrogen-bond acceptors (Lipinski definition) is 3. The summed E-state index contributed by atoms with van der Waals surface area (Å²) in [6, 6.07) is -0.542. The van der Waals surface area contributed by atoms with E-state index in [-0.39, 0.29) is 17.8 Å². The van der Waals surface area contributed by atoms with Crippen molar-refractivity contribution in [2.75, 3.05) is 6.61 Å². The highest BCUT2D eigenvalue weighted by Gasteiger charge is 2.24. The summed E-state index contributed by atoms with van der Waals surface area (Å²) in [7, 11) is 0. The first-order chi connectivity index (χ1) is 12.1. The number of esters is 1. The van der Waals surface area contributed by atoms with Crippen molar-refractivity contribution in [1.82, 2.24) is 5.32 Å². The van der Waals surface area contributed by atoms with Crippen LogP contribution in [0.4, 0.5) is 0 Å². The van der Waals surface area contributed by atoms with Crippen LogP contribution in [-0.4, -0.2) is 24.5 Å². The highest BCUT2D eigenvalue weighted by Crippen LogP contribution is 2.23. The summed E-state index contributed by atoms with van der Waals surface area (Å²) in [4.78, 5) is 24.1. The lowest BCUT2D eigenvalue weighted by atomic mass is 9.88. The van der Waals surface area contributed by atoms with E-state index in [9.17, 15) is 9.59 Å². The maximum atomic E-state index is 12.1. The second-order valence-electron chi connectivity index (χ2n) is 7.28. The van der Waals surface area contributed by atoms with E-state index in [2.05, 4.69) is 11.9 Å². The van der Waals surface area contributed by atoms with Crippen LogP contribution in [0.2, 0.25) is 0 Å². The van der Waals surface area contributed by atoms with Crippen LogP contribution in [0.15, 0.2) is 12.7 Å². The first-order valence-electron chi connectivity index (χ1n) is 10.2. The fourth-order valence-corrected chi connectivity index (χ4v) is 3.33. The number of ether oxygens (including phenoxy) is 1. The predicted molar refractivity (Wildman–Crippen MR) is 102 cm³/mol. The number of carbonyl (C=O) groups excluding carboxylic acids is 2. The molecule has 1 fully saturated rings. The molecule has 1 amide bonds. The van der Waals surface area contributed by atoms with Gasteiger partial charge in [-0.25, -0.2) is 4.79 Å². The van der Waals surface area contributed by atoms with Crippen molar-refractivity contribution in [3.63, 3.8) is 0 Å². The van der Waals surface area contributed by atoms with Crippen LogP contribution in [-0.2, 0) is 14.3 Å². The average Bonchev–Trinajstić information content (AvgIpc) is 2.63. The third-order valence-corrected chi connectivity index (χ3v) is 4.99. The molecule has 144 valence electrons. The average molecular weight is 352 g/mol. The molecule has 1 N–H and O–H groups in total. The summed E-state index contributed by atoms with van der Waals surface area (Å²) < 4.78 is 5.29. The SMILES string of the molecule is C=CCCCCCCCCCOC(=O)C(C)NC(=O)C1CCCCC1. The van der Waals surface area contributed by atoms with Gasteiger partial charge in [0.15, 0.2) is 0 Å². The maximum Gasteiger partial charge on any atom is 0.328 e. The Morgan fingerprint density at radius 2 is 1.64 bits per heavy atom. The summed E-state index contributed by atoms with van der Waals surface area (Å²) in [6.45, 7) is 5.90. The summed E-state index contributed by atoms with van der Waals surface area (Å²) in [5.41, 5.74) is 0. The minimum absolute atomic E-state index is 0.0144. The summed E-state index contributed by atoms with van der Waals surface area (Å²) in [5, 5.41) is 2.81. The van der Waals surface area contributed by atoms with E-state index in [0.29, 0.717) is 6.61 Å². The topological polar surface area (TPSA) is 55.4 Å². The molecule has 0 radical (unpaired) electrons. The third-order valence-electron chi connectivity index (χ3n) is 4.99. The minimum Gasteiger partial charge on any atom is -0.464 e. The molecule has 0 aliphatic heterocycles. The molecule has 0 bridgehead atoms. The van der Waals surface area contributed by atoms with E-state index in [4.69, 9.17) is 4.74 Å². The minimum atomic E-state index is -0.542. The van der Waals surface area contributed by atoms with Crippen LogP contribution < -0.4 is 5.32 Å². The van der Waals surface area contributed by atoms with E-state index in [1.54, 1.807) is 6.92 Å². The Hall–Kier alpha value is -1.32. The Morgan fingerprint density at radius 1 is 1.04 bits per heavy atom. The molecule has 1 atom stereocenters. The number of amides is 1. The Labute approximate surface area is 153 Å². The van der Waals surface area contributed by atoms with Gasteiger partial charge in [-0.3, -0.25) is 4.79 Å². The highest BCUT2D eigenvalue weighted by molar-refractivity contribution is 5.85. The number of allylic oxidation sites excluding steroid dienone is 1. The Bertz CT molecular complexity index is 389. The van der Waals surface area contributed by atoms with Crippen molar-refractivity contribution >= 4 is 11.9 Å². The molecule has 0 saturated heterocycles. The lowest BCUT2D eigenvalue weighted by Gasteiger charge is -2.22. The van der Waals surface area contributed by atoms with Crippen molar-refractivity contribution in [2.24, 2.45) is 5.92 Å². The van der Waals surface area contributed by atoms with E-state index in [0.717, 1.165) is 44.9 Å². The van der Waals surface area contributed by atoms with Gasteiger partial charge in [0.25, 0.3) is 0 Å². The molecule has 1 aliphatic carbocycles. The number of nitrogens with one attached hydrogen (secondary N) is 1. The zero-order chi connectivity index (χ0) is 18.3. The number of hydrogen-bond donors (Lipinski definition) is 1. The van der Waals surface area contributed by atoms with Gasteiger partial charge in [-0.2, -0.15) is 0 Å². The predicted octanol–water partition coefficient (Wildman–Crippen LogP) is 4.92. The molecule has 0 aromatic carbocycles. The quantitative estimate of drug-likeness (QED) is 0.291. The van der Waals surface area contributed by atoms with Crippen LogP contribution in [0.5, 0.6) is 0 Å². The number of unbranched alkanes of at least 4 members (excludes halogenated alkanes) is 7. The van der Waals surface area contributed by atoms with Gasteiger partial charge in [0.2, 0.25) is 5.91 Å². The largest absolute Gasteiger partial charge is 0.464 e. The normalized spacial score (nSPS) is 16.2. The second-order valence-corrected chi connectivity index (χ2v) is 7.28. The molecule has 0 aromatic rings. The molecular weight excluding hydrogens is 314 g/mol. The molecule has 1 saturated carbocycles. The van der Waals surface area contributed by atoms with Crippen molar-refractivity contribution in [3.8, 4) is 0 Å². The molecule has 0 aromatic heterocycles. The zero-order valence-corrected chi connectivity index (χ0v) is 16.1. The van der Waals surface area contributed by atoms with E-state index in [1.165, 1.54) is 38.5 Å². The van der Waals surface area contributed by atoms with Crippen LogP contribution >= 0.6 is 0 Å². The fraction of sp³-hybridized carbons (Fsp3) is 0.810. The van der Waals surface area contributed by atoms with Crippen LogP contribution in [0.3, 0.4) is 0 Å². The molecule has 1 unspecified atom stereocenters. The monoisotopic (exact) mass is 351 g/mol. The number of carbonyl (C=O) groups is 2. The molecule has 0 spiro atoms. The summed E-state index contributed by atoms with van der Waals surface area (Å²) in [6.07, 6.45) is 16.7. The van der Waals surface area contributed by atoms with Gasteiger partial charge in [-0.1, -0.05) is 57.4 Å². The van der Waals surface area contributed by atoms with Crippen molar-refractivity contribution in [1.29, 1.82) is 0 Å². The zero-order valence-electron chi connectivity index (χ0n) is 16.1. The van der Waals surface area contributed by atoms with Crippen LogP contribution in [0.25, 0.3) is 0 Å². The summed E-state index contributed by atoms with van der Waals surface area (Å²) in [5.74, 6) is -0.218. The van der Waals surface area contributed by atoms with E-state index >= 15 is 0 Å². The first kappa shape index (κ1) is 21.7. The maximum absolute atomic E-state index is 12.1. The third kappa shape index (κ3) is 10.3. The second kappa shape index (κ2) is 13.9. The molecule has 4 nitrogen and oxygen atoms in total. The van der Waals surface area contributed by atoms with Gasteiger partial charge >= 0.3 is 5.97 Å². The van der Waals surface area contributed by atoms with Gasteiger partial charge in [-0.05, 0) is 39.0 Å². The number of rotatable bonds is 13. The standard InChI is InChI=1S/C21H37NO3/c1-3-4-5-6-7-8-9-10-14-17-25-21(24)18(2)22-20(23)19-15-12-11-13-16-19/h3,18-19H,1,4-17H2,2H3,(H,22,23). The van der Waals surface area contributed by atoms with Gasteiger partial charge < -0.3 is 10.1 Å². The molecule has 1 rings (SSSR count). The molecule has 0 heterocycles. The molecular formula is C21H37NO3. The van der Waals surface area contributed by atoms with E-state index in [1.807, 2.05) is 6.08 Å². The van der Waals surface area contributed by atoms with Gasteiger partial charge in [0, 0.05) is 5.92 Å². The lowest BCUT2D eigenvalue weighted by molar-refractivity contribution is -0.148. The van der Waals surface area contributed by atoms with Crippen molar-refractivity contribution in [3.05, 3.63) is 12.7 Å². The molecule has 1 aliphatic rings. The van der Waals surface area contributed by atoms with Gasteiger partial charge in [-0.15, -0.1) is 6.58 Å². The van der Waals surface area contributed by atoms with Gasteiger partial charge in [0.1, 0.15) is 6.04 Å². The smallest absolute Gasteiger partial charge is 0.328 e. The van der Waals surface area contributed by atoms with Crippen molar-refractivity contribution in [2.45, 2.75) is 96.4 Å². The summed E-state index contributed by atoms with van der Waals surface area (Å²) >= 11 is 0. The molecule has 25 heavy (non-hydrogen) atoms. The molecule has 4 heteroatoms. The Kier molecular flexibility index (Phi) is 12.1. The Balaban J connectivity index is 1.99. The van der Waals surface area contributed by atoms with E-state index < -0.39 is 6.04 Å². The van der Waals surface area contributed by atoms with Crippen molar-refractivity contribution < 1.29 is 14.3 Å². The fourth-order valence-electron chi connectivity index (χ4n) is 3.33. The lowest BCUT2D eigenvalue weighted by Crippen LogP contribution is -2.43.